The quantitative estimate of drug-likeness (QED) is 0.823. The van der Waals surface area contributed by atoms with E-state index in [9.17, 15) is 5.11 Å². The van der Waals surface area contributed by atoms with Gasteiger partial charge in [-0.25, -0.2) is 4.98 Å². The Bertz CT molecular complexity index is 320. The maximum Gasteiger partial charge on any atom is 0.123 e. The van der Waals surface area contributed by atoms with Gasteiger partial charge in [0, 0.05) is 12.6 Å². The molecule has 0 bridgehead atoms. The van der Waals surface area contributed by atoms with E-state index in [1.54, 1.807) is 5.51 Å². The highest BCUT2D eigenvalue weighted by atomic mass is 79.9. The molecule has 2 rings (SSSR count). The molecular weight excluding hydrogens is 264 g/mol. The molecule has 2 heterocycles. The fraction of sp³-hybridized carbons (Fsp3) is 0.667. The topological polar surface area (TPSA) is 45.2 Å². The summed E-state index contributed by atoms with van der Waals surface area (Å²) in [5.74, 6) is 0. The van der Waals surface area contributed by atoms with Crippen LogP contribution in [0.3, 0.4) is 0 Å². The number of nitrogens with zero attached hydrogens (tertiary/aromatic N) is 1. The van der Waals surface area contributed by atoms with E-state index in [4.69, 9.17) is 0 Å². The second kappa shape index (κ2) is 3.89. The van der Waals surface area contributed by atoms with Crippen LogP contribution in [0.1, 0.15) is 24.6 Å². The summed E-state index contributed by atoms with van der Waals surface area (Å²) < 4.78 is 0.779. The average molecular weight is 277 g/mol. The van der Waals surface area contributed by atoms with Crippen molar-refractivity contribution in [3.8, 4) is 0 Å². The number of aromatic nitrogens is 1. The van der Waals surface area contributed by atoms with Gasteiger partial charge in [0.1, 0.15) is 10.2 Å². The van der Waals surface area contributed by atoms with Gasteiger partial charge in [-0.15, -0.1) is 11.3 Å². The summed E-state index contributed by atoms with van der Waals surface area (Å²) in [5.41, 5.74) is 1.03. The van der Waals surface area contributed by atoms with Crippen molar-refractivity contribution in [1.29, 1.82) is 0 Å². The van der Waals surface area contributed by atoms with Crippen LogP contribution in [-0.4, -0.2) is 22.7 Å². The standard InChI is InChI=1S/C9H13BrN2OS/c1-6-2-3-9(13,4-11-6)7-8(10)12-5-14-7/h5-6,11,13H,2-4H2,1H3. The Balaban J connectivity index is 2.21. The molecule has 78 valence electrons. The fourth-order valence-electron chi connectivity index (χ4n) is 1.72. The Morgan fingerprint density at radius 2 is 2.57 bits per heavy atom. The molecule has 14 heavy (non-hydrogen) atoms. The predicted molar refractivity (Wildman–Crippen MR) is 60.4 cm³/mol. The Labute approximate surface area is 95.7 Å². The van der Waals surface area contributed by atoms with Crippen molar-refractivity contribution >= 4 is 27.3 Å². The summed E-state index contributed by atoms with van der Waals surface area (Å²) in [6, 6.07) is 0.502. The summed E-state index contributed by atoms with van der Waals surface area (Å²) in [5, 5.41) is 13.7. The summed E-state index contributed by atoms with van der Waals surface area (Å²) in [6.45, 7) is 2.76. The summed E-state index contributed by atoms with van der Waals surface area (Å²) in [7, 11) is 0. The largest absolute Gasteiger partial charge is 0.383 e. The molecule has 0 amide bonds. The number of β-amino-alcohol motifs (C(OH)–C–C–N with tert-alkyl or cyclic N) is 1. The van der Waals surface area contributed by atoms with Crippen molar-refractivity contribution in [2.24, 2.45) is 0 Å². The number of aliphatic hydroxyl groups is 1. The van der Waals surface area contributed by atoms with Crippen LogP contribution >= 0.6 is 27.3 Å². The second-order valence-corrected chi connectivity index (χ2v) is 5.43. The molecule has 2 unspecified atom stereocenters. The smallest absolute Gasteiger partial charge is 0.123 e. The van der Waals surface area contributed by atoms with E-state index in [-0.39, 0.29) is 0 Å². The van der Waals surface area contributed by atoms with E-state index in [1.165, 1.54) is 11.3 Å². The van der Waals surface area contributed by atoms with Crippen molar-refractivity contribution in [2.75, 3.05) is 6.54 Å². The first-order valence-corrected chi connectivity index (χ1v) is 6.34. The van der Waals surface area contributed by atoms with E-state index in [0.29, 0.717) is 12.6 Å². The number of hydrogen-bond acceptors (Lipinski definition) is 4. The number of halogens is 1. The van der Waals surface area contributed by atoms with Gasteiger partial charge in [-0.1, -0.05) is 0 Å². The minimum Gasteiger partial charge on any atom is -0.383 e. The van der Waals surface area contributed by atoms with Crippen LogP contribution in [0.25, 0.3) is 0 Å². The monoisotopic (exact) mass is 276 g/mol. The number of rotatable bonds is 1. The first-order valence-electron chi connectivity index (χ1n) is 4.67. The molecule has 3 nitrogen and oxygen atoms in total. The van der Waals surface area contributed by atoms with Gasteiger partial charge in [-0.3, -0.25) is 0 Å². The van der Waals surface area contributed by atoms with E-state index in [0.717, 1.165) is 22.3 Å². The molecule has 2 N–H and O–H groups in total. The number of nitrogens with one attached hydrogen (secondary N) is 1. The average Bonchev–Trinajstić information content (AvgIpc) is 2.58. The molecule has 2 atom stereocenters. The van der Waals surface area contributed by atoms with Gasteiger partial charge < -0.3 is 10.4 Å². The molecular formula is C9H13BrN2OS. The molecule has 0 aliphatic carbocycles. The zero-order valence-corrected chi connectivity index (χ0v) is 10.4. The SMILES string of the molecule is CC1CCC(O)(c2scnc2Br)CN1. The van der Waals surface area contributed by atoms with Crippen LogP contribution in [0.5, 0.6) is 0 Å². The summed E-state index contributed by atoms with van der Waals surface area (Å²) >= 11 is 4.87. The van der Waals surface area contributed by atoms with Crippen molar-refractivity contribution in [3.05, 3.63) is 15.0 Å². The summed E-state index contributed by atoms with van der Waals surface area (Å²) in [6.07, 6.45) is 1.81. The van der Waals surface area contributed by atoms with Gasteiger partial charge in [-0.05, 0) is 35.7 Å². The van der Waals surface area contributed by atoms with Crippen LogP contribution < -0.4 is 5.32 Å². The van der Waals surface area contributed by atoms with Crippen LogP contribution in [0, 0.1) is 0 Å². The molecule has 0 saturated carbocycles. The van der Waals surface area contributed by atoms with Crippen molar-refractivity contribution in [1.82, 2.24) is 10.3 Å². The molecule has 0 spiro atoms. The van der Waals surface area contributed by atoms with Crippen molar-refractivity contribution in [3.63, 3.8) is 0 Å². The highest BCUT2D eigenvalue weighted by molar-refractivity contribution is 9.10. The molecule has 1 aromatic heterocycles. The van der Waals surface area contributed by atoms with Crippen molar-refractivity contribution < 1.29 is 5.11 Å². The van der Waals surface area contributed by atoms with Crippen molar-refractivity contribution in [2.45, 2.75) is 31.4 Å². The highest BCUT2D eigenvalue weighted by Crippen LogP contribution is 2.36. The number of hydrogen-bond donors (Lipinski definition) is 2. The first-order chi connectivity index (χ1) is 6.62. The Morgan fingerprint density at radius 3 is 3.07 bits per heavy atom. The maximum atomic E-state index is 10.4. The number of piperidine rings is 1. The summed E-state index contributed by atoms with van der Waals surface area (Å²) in [4.78, 5) is 5.05. The van der Waals surface area contributed by atoms with Crippen LogP contribution in [0.15, 0.2) is 10.1 Å². The number of thiazole rings is 1. The van der Waals surface area contributed by atoms with E-state index in [2.05, 4.69) is 33.2 Å². The Kier molecular flexibility index (Phi) is 2.93. The fourth-order valence-corrected chi connectivity index (χ4v) is 3.41. The van der Waals surface area contributed by atoms with Gasteiger partial charge in [0.25, 0.3) is 0 Å². The molecule has 1 aliphatic rings. The lowest BCUT2D eigenvalue weighted by Crippen LogP contribution is -2.47. The molecule has 1 aliphatic heterocycles. The third-order valence-corrected chi connectivity index (χ3v) is 4.56. The second-order valence-electron chi connectivity index (χ2n) is 3.82. The third kappa shape index (κ3) is 1.86. The maximum absolute atomic E-state index is 10.4. The Hall–Kier alpha value is 0.0300. The van der Waals surface area contributed by atoms with Gasteiger partial charge in [0.15, 0.2) is 0 Å². The molecule has 1 fully saturated rings. The van der Waals surface area contributed by atoms with Crippen LogP contribution in [-0.2, 0) is 5.60 Å². The molecule has 1 aromatic rings. The third-order valence-electron chi connectivity index (χ3n) is 2.68. The minimum absolute atomic E-state index is 0.502. The lowest BCUT2D eigenvalue weighted by atomic mass is 9.90. The molecule has 0 radical (unpaired) electrons. The van der Waals surface area contributed by atoms with Crippen LogP contribution in [0.2, 0.25) is 0 Å². The normalized spacial score (nSPS) is 33.2. The predicted octanol–water partition coefficient (Wildman–Crippen LogP) is 1.87. The first kappa shape index (κ1) is 10.5. The lowest BCUT2D eigenvalue weighted by Gasteiger charge is -2.35. The van der Waals surface area contributed by atoms with Gasteiger partial charge >= 0.3 is 0 Å². The molecule has 5 heteroatoms. The van der Waals surface area contributed by atoms with E-state index < -0.39 is 5.60 Å². The van der Waals surface area contributed by atoms with Gasteiger partial charge in [0.2, 0.25) is 0 Å². The molecule has 1 saturated heterocycles. The van der Waals surface area contributed by atoms with Crippen LogP contribution in [0.4, 0.5) is 0 Å². The zero-order valence-electron chi connectivity index (χ0n) is 7.96. The zero-order chi connectivity index (χ0) is 10.2. The van der Waals surface area contributed by atoms with E-state index in [1.807, 2.05) is 0 Å². The van der Waals surface area contributed by atoms with E-state index >= 15 is 0 Å². The minimum atomic E-state index is -0.730. The Morgan fingerprint density at radius 1 is 1.79 bits per heavy atom. The van der Waals surface area contributed by atoms with Gasteiger partial charge in [0.05, 0.1) is 10.4 Å². The lowest BCUT2D eigenvalue weighted by molar-refractivity contribution is 0.00625. The highest BCUT2D eigenvalue weighted by Gasteiger charge is 2.36. The molecule has 0 aromatic carbocycles. The van der Waals surface area contributed by atoms with Gasteiger partial charge in [-0.2, -0.15) is 0 Å².